The first-order valence-corrected chi connectivity index (χ1v) is 11.1. The number of methoxy groups -OCH3 is 1. The van der Waals surface area contributed by atoms with Crippen LogP contribution < -0.4 is 20.1 Å². The number of anilines is 3. The minimum absolute atomic E-state index is 0.0664. The monoisotopic (exact) mass is 453 g/mol. The predicted molar refractivity (Wildman–Crippen MR) is 124 cm³/mol. The van der Waals surface area contributed by atoms with Crippen LogP contribution in [0.4, 0.5) is 17.1 Å². The van der Waals surface area contributed by atoms with E-state index in [4.69, 9.17) is 4.74 Å². The molecule has 0 aliphatic heterocycles. The Balaban J connectivity index is 1.89. The summed E-state index contributed by atoms with van der Waals surface area (Å²) in [4.78, 5) is 23.9. The summed E-state index contributed by atoms with van der Waals surface area (Å²) >= 11 is 0. The van der Waals surface area contributed by atoms with Crippen LogP contribution in [-0.2, 0) is 14.8 Å². The lowest BCUT2D eigenvalue weighted by Gasteiger charge is -2.14. The van der Waals surface area contributed by atoms with Crippen molar-refractivity contribution in [2.24, 2.45) is 0 Å². The Morgan fingerprint density at radius 3 is 2.28 bits per heavy atom. The first kappa shape index (κ1) is 22.8. The van der Waals surface area contributed by atoms with Gasteiger partial charge in [0, 0.05) is 18.2 Å². The van der Waals surface area contributed by atoms with Gasteiger partial charge in [-0.05, 0) is 55.0 Å². The quantitative estimate of drug-likeness (QED) is 0.500. The molecule has 3 rings (SSSR count). The topological polar surface area (TPSA) is 114 Å². The molecule has 0 aromatic heterocycles. The van der Waals surface area contributed by atoms with E-state index in [1.54, 1.807) is 30.3 Å². The Kier molecular flexibility index (Phi) is 6.79. The predicted octanol–water partition coefficient (Wildman–Crippen LogP) is 4.02. The fourth-order valence-electron chi connectivity index (χ4n) is 3.05. The lowest BCUT2D eigenvalue weighted by Crippen LogP contribution is -2.16. The zero-order valence-corrected chi connectivity index (χ0v) is 18.6. The van der Waals surface area contributed by atoms with Crippen molar-refractivity contribution in [1.29, 1.82) is 0 Å². The van der Waals surface area contributed by atoms with Crippen molar-refractivity contribution in [2.45, 2.75) is 18.7 Å². The maximum absolute atomic E-state index is 12.9. The van der Waals surface area contributed by atoms with Crippen LogP contribution in [-0.4, -0.2) is 27.3 Å². The van der Waals surface area contributed by atoms with Crippen LogP contribution in [0.25, 0.3) is 0 Å². The Hall–Kier alpha value is -3.85. The van der Waals surface area contributed by atoms with Crippen LogP contribution in [0.15, 0.2) is 71.6 Å². The zero-order chi connectivity index (χ0) is 23.3. The van der Waals surface area contributed by atoms with Gasteiger partial charge in [0.25, 0.3) is 15.9 Å². The van der Waals surface area contributed by atoms with Gasteiger partial charge in [0.2, 0.25) is 5.91 Å². The first-order valence-electron chi connectivity index (χ1n) is 9.65. The molecule has 3 N–H and O–H groups in total. The maximum atomic E-state index is 12.9. The summed E-state index contributed by atoms with van der Waals surface area (Å²) < 4.78 is 33.6. The molecule has 166 valence electrons. The largest absolute Gasteiger partial charge is 0.495 e. The van der Waals surface area contributed by atoms with Gasteiger partial charge in [-0.3, -0.25) is 14.3 Å². The fraction of sp³-hybridized carbons (Fsp3) is 0.130. The number of hydrogen-bond donors (Lipinski definition) is 3. The minimum Gasteiger partial charge on any atom is -0.495 e. The van der Waals surface area contributed by atoms with E-state index >= 15 is 0 Å². The molecule has 3 aromatic rings. The third kappa shape index (κ3) is 5.44. The van der Waals surface area contributed by atoms with Crippen molar-refractivity contribution < 1.29 is 22.7 Å². The lowest BCUT2D eigenvalue weighted by molar-refractivity contribution is -0.114. The number of carbonyl (C=O) groups is 2. The summed E-state index contributed by atoms with van der Waals surface area (Å²) in [6.07, 6.45) is 0. The molecule has 9 heteroatoms. The molecule has 0 radical (unpaired) electrons. The molecule has 0 spiro atoms. The SMILES string of the molecule is COc1ccc(S(=O)(=O)Nc2cccc(NC(C)=O)c2)cc1NC(=O)c1ccccc1C. The fourth-order valence-corrected chi connectivity index (χ4v) is 4.12. The highest BCUT2D eigenvalue weighted by molar-refractivity contribution is 7.92. The summed E-state index contributed by atoms with van der Waals surface area (Å²) in [5.41, 5.74) is 2.20. The third-order valence-corrected chi connectivity index (χ3v) is 5.93. The van der Waals surface area contributed by atoms with Crippen molar-refractivity contribution in [3.05, 3.63) is 77.9 Å². The number of carbonyl (C=O) groups excluding carboxylic acids is 2. The number of amides is 2. The van der Waals surface area contributed by atoms with E-state index in [1.807, 2.05) is 19.1 Å². The molecule has 2 amide bonds. The Labute approximate surface area is 186 Å². The second-order valence-corrected chi connectivity index (χ2v) is 8.68. The zero-order valence-electron chi connectivity index (χ0n) is 17.8. The van der Waals surface area contributed by atoms with Gasteiger partial charge in [0.1, 0.15) is 5.75 Å². The van der Waals surface area contributed by atoms with Gasteiger partial charge in [0.15, 0.2) is 0 Å². The number of benzene rings is 3. The van der Waals surface area contributed by atoms with E-state index in [1.165, 1.54) is 38.3 Å². The van der Waals surface area contributed by atoms with Crippen LogP contribution in [0.2, 0.25) is 0 Å². The molecule has 32 heavy (non-hydrogen) atoms. The molecule has 0 fully saturated rings. The molecule has 0 aliphatic rings. The summed E-state index contributed by atoms with van der Waals surface area (Å²) in [6, 6.07) is 17.6. The number of nitrogens with one attached hydrogen (secondary N) is 3. The minimum atomic E-state index is -3.98. The van der Waals surface area contributed by atoms with E-state index in [2.05, 4.69) is 15.4 Å². The van der Waals surface area contributed by atoms with Gasteiger partial charge in [-0.2, -0.15) is 0 Å². The summed E-state index contributed by atoms with van der Waals surface area (Å²) in [5, 5.41) is 5.32. The van der Waals surface area contributed by atoms with Gasteiger partial charge >= 0.3 is 0 Å². The van der Waals surface area contributed by atoms with Crippen LogP contribution in [0, 0.1) is 6.92 Å². The second-order valence-electron chi connectivity index (χ2n) is 7.00. The lowest BCUT2D eigenvalue weighted by atomic mass is 10.1. The molecule has 3 aromatic carbocycles. The molecular formula is C23H23N3O5S. The second kappa shape index (κ2) is 9.52. The maximum Gasteiger partial charge on any atom is 0.261 e. The average molecular weight is 454 g/mol. The smallest absolute Gasteiger partial charge is 0.261 e. The molecule has 0 saturated heterocycles. The van der Waals surface area contributed by atoms with E-state index < -0.39 is 10.0 Å². The summed E-state index contributed by atoms with van der Waals surface area (Å²) in [7, 11) is -2.55. The Morgan fingerprint density at radius 1 is 0.875 bits per heavy atom. The molecule has 0 saturated carbocycles. The standard InChI is InChI=1S/C23H23N3O5S/c1-15-7-4-5-10-20(15)23(28)25-21-14-19(11-12-22(21)31-3)32(29,30)26-18-9-6-8-17(13-18)24-16(2)27/h4-14,26H,1-3H3,(H,24,27)(H,25,28). The van der Waals surface area contributed by atoms with Crippen LogP contribution in [0.1, 0.15) is 22.8 Å². The van der Waals surface area contributed by atoms with E-state index in [0.717, 1.165) is 5.56 Å². The molecule has 0 atom stereocenters. The highest BCUT2D eigenvalue weighted by Gasteiger charge is 2.19. The number of rotatable bonds is 7. The number of ether oxygens (including phenoxy) is 1. The normalized spacial score (nSPS) is 10.8. The number of sulfonamides is 1. The van der Waals surface area contributed by atoms with Crippen LogP contribution in [0.5, 0.6) is 5.75 Å². The van der Waals surface area contributed by atoms with Gasteiger partial charge in [0.05, 0.1) is 23.4 Å². The van der Waals surface area contributed by atoms with E-state index in [0.29, 0.717) is 17.0 Å². The molecule has 0 unspecified atom stereocenters. The van der Waals surface area contributed by atoms with Crippen molar-refractivity contribution in [2.75, 3.05) is 22.5 Å². The summed E-state index contributed by atoms with van der Waals surface area (Å²) in [5.74, 6) is -0.334. The van der Waals surface area contributed by atoms with Crippen LogP contribution >= 0.6 is 0 Å². The molecule has 0 heterocycles. The molecular weight excluding hydrogens is 430 g/mol. The molecule has 0 aliphatic carbocycles. The van der Waals surface area contributed by atoms with Crippen molar-refractivity contribution in [1.82, 2.24) is 0 Å². The summed E-state index contributed by atoms with van der Waals surface area (Å²) in [6.45, 7) is 3.17. The first-order chi connectivity index (χ1) is 15.2. The van der Waals surface area contributed by atoms with Crippen LogP contribution in [0.3, 0.4) is 0 Å². The van der Waals surface area contributed by atoms with Gasteiger partial charge < -0.3 is 15.4 Å². The van der Waals surface area contributed by atoms with Crippen molar-refractivity contribution >= 4 is 38.9 Å². The van der Waals surface area contributed by atoms with Crippen molar-refractivity contribution in [3.8, 4) is 5.75 Å². The Morgan fingerprint density at radius 2 is 1.59 bits per heavy atom. The van der Waals surface area contributed by atoms with Gasteiger partial charge in [-0.15, -0.1) is 0 Å². The Bertz CT molecular complexity index is 1270. The highest BCUT2D eigenvalue weighted by Crippen LogP contribution is 2.29. The van der Waals surface area contributed by atoms with E-state index in [9.17, 15) is 18.0 Å². The molecule has 8 nitrogen and oxygen atoms in total. The third-order valence-electron chi connectivity index (χ3n) is 4.55. The highest BCUT2D eigenvalue weighted by atomic mass is 32.2. The number of hydrogen-bond acceptors (Lipinski definition) is 5. The molecule has 0 bridgehead atoms. The van der Waals surface area contributed by atoms with Gasteiger partial charge in [-0.25, -0.2) is 8.42 Å². The number of aryl methyl sites for hydroxylation is 1. The van der Waals surface area contributed by atoms with Crippen molar-refractivity contribution in [3.63, 3.8) is 0 Å². The van der Waals surface area contributed by atoms with Gasteiger partial charge in [-0.1, -0.05) is 24.3 Å². The van der Waals surface area contributed by atoms with E-state index in [-0.39, 0.29) is 28.1 Å². The average Bonchev–Trinajstić information content (AvgIpc) is 2.73.